The highest BCUT2D eigenvalue weighted by atomic mass is 32.1. The Hall–Kier alpha value is -3.47. The van der Waals surface area contributed by atoms with E-state index in [1.807, 2.05) is 61.5 Å². The van der Waals surface area contributed by atoms with Gasteiger partial charge in [-0.2, -0.15) is 5.26 Å². The molecule has 0 aliphatic rings. The van der Waals surface area contributed by atoms with E-state index < -0.39 is 5.91 Å². The van der Waals surface area contributed by atoms with E-state index >= 15 is 0 Å². The van der Waals surface area contributed by atoms with Crippen molar-refractivity contribution >= 4 is 28.9 Å². The maximum Gasteiger partial charge on any atom is 0.273 e. The molecule has 0 spiro atoms. The van der Waals surface area contributed by atoms with Crippen LogP contribution in [0.15, 0.2) is 59.4 Å². The molecule has 1 N–H and O–H groups in total. The summed E-state index contributed by atoms with van der Waals surface area (Å²) in [4.78, 5) is 26.0. The predicted octanol–water partition coefficient (Wildman–Crippen LogP) is 1.47. The van der Waals surface area contributed by atoms with Crippen LogP contribution in [0, 0.1) is 18.3 Å². The van der Waals surface area contributed by atoms with Crippen molar-refractivity contribution in [3.05, 3.63) is 85.3 Å². The highest BCUT2D eigenvalue weighted by Gasteiger charge is 2.17. The summed E-state index contributed by atoms with van der Waals surface area (Å²) in [7, 11) is 1.53. The lowest BCUT2D eigenvalue weighted by atomic mass is 10.2. The van der Waals surface area contributed by atoms with Crippen molar-refractivity contribution in [1.29, 1.82) is 5.26 Å². The van der Waals surface area contributed by atoms with E-state index in [0.717, 1.165) is 22.5 Å². The molecule has 3 rings (SSSR count). The van der Waals surface area contributed by atoms with Gasteiger partial charge in [0.1, 0.15) is 10.7 Å². The van der Waals surface area contributed by atoms with Crippen LogP contribution in [0.5, 0.6) is 0 Å². The lowest BCUT2D eigenvalue weighted by molar-refractivity contribution is -0.115. The summed E-state index contributed by atoms with van der Waals surface area (Å²) >= 11 is 1.13. The maximum absolute atomic E-state index is 13.3. The highest BCUT2D eigenvalue weighted by molar-refractivity contribution is 7.07. The summed E-state index contributed by atoms with van der Waals surface area (Å²) in [5, 5.41) is 12.4. The quantitative estimate of drug-likeness (QED) is 0.614. The van der Waals surface area contributed by atoms with Gasteiger partial charge < -0.3 is 10.1 Å². The molecule has 0 atom stereocenters. The molecule has 3 aromatic rings. The summed E-state index contributed by atoms with van der Waals surface area (Å²) in [5.41, 5.74) is 1.98. The van der Waals surface area contributed by atoms with Gasteiger partial charge in [-0.3, -0.25) is 14.2 Å². The Kier molecular flexibility index (Phi) is 6.96. The van der Waals surface area contributed by atoms with E-state index in [1.165, 1.54) is 11.7 Å². The van der Waals surface area contributed by atoms with Gasteiger partial charge in [0.2, 0.25) is 0 Å². The predicted molar refractivity (Wildman–Crippen MR) is 118 cm³/mol. The average molecular weight is 420 g/mol. The van der Waals surface area contributed by atoms with Crippen molar-refractivity contribution in [3.63, 3.8) is 0 Å². The number of para-hydroxylation sites is 1. The van der Waals surface area contributed by atoms with Crippen LogP contribution in [0.3, 0.4) is 0 Å². The number of thiazole rings is 1. The Bertz CT molecular complexity index is 1270. The van der Waals surface area contributed by atoms with Gasteiger partial charge in [-0.25, -0.2) is 0 Å². The standard InChI is InChI=1S/C23H21N3O3S/c1-16-8-6-7-11-19(16)26-22(28)20(14-17-9-4-3-5-10-17)30-23(26)18(15-24)21(27)25-12-13-29-2/h3-11,14H,12-13H2,1-2H3,(H,25,27)/b20-14-,23-18-. The summed E-state index contributed by atoms with van der Waals surface area (Å²) < 4.78 is 7.13. The fourth-order valence-electron chi connectivity index (χ4n) is 2.93. The van der Waals surface area contributed by atoms with Gasteiger partial charge in [0, 0.05) is 13.7 Å². The van der Waals surface area contributed by atoms with Crippen LogP contribution in [-0.4, -0.2) is 30.7 Å². The van der Waals surface area contributed by atoms with Crippen molar-refractivity contribution in [1.82, 2.24) is 9.88 Å². The summed E-state index contributed by atoms with van der Waals surface area (Å²) in [6.45, 7) is 2.48. The Labute approximate surface area is 178 Å². The molecule has 0 aliphatic heterocycles. The minimum Gasteiger partial charge on any atom is -0.383 e. The van der Waals surface area contributed by atoms with Crippen LogP contribution in [0.1, 0.15) is 11.1 Å². The highest BCUT2D eigenvalue weighted by Crippen LogP contribution is 2.10. The number of methoxy groups -OCH3 is 1. The first-order valence-corrected chi connectivity index (χ1v) is 10.1. The Balaban J connectivity index is 2.31. The van der Waals surface area contributed by atoms with Crippen LogP contribution >= 0.6 is 11.3 Å². The van der Waals surface area contributed by atoms with Gasteiger partial charge in [-0.1, -0.05) is 48.5 Å². The molecule has 0 fully saturated rings. The first-order chi connectivity index (χ1) is 14.6. The lowest BCUT2D eigenvalue weighted by Gasteiger charge is -2.07. The first-order valence-electron chi connectivity index (χ1n) is 9.33. The molecule has 1 heterocycles. The van der Waals surface area contributed by atoms with E-state index in [1.54, 1.807) is 12.1 Å². The van der Waals surface area contributed by atoms with Crippen LogP contribution in [-0.2, 0) is 9.53 Å². The molecule has 0 saturated carbocycles. The largest absolute Gasteiger partial charge is 0.383 e. The van der Waals surface area contributed by atoms with Crippen LogP contribution < -0.4 is 20.1 Å². The average Bonchev–Trinajstić information content (AvgIpc) is 3.05. The summed E-state index contributed by atoms with van der Waals surface area (Å²) in [5.74, 6) is -0.538. The van der Waals surface area contributed by atoms with Gasteiger partial charge in [0.05, 0.1) is 16.8 Å². The van der Waals surface area contributed by atoms with Crippen molar-refractivity contribution in [2.24, 2.45) is 0 Å². The molecule has 7 heteroatoms. The topological polar surface area (TPSA) is 84.1 Å². The molecule has 2 aromatic carbocycles. The van der Waals surface area contributed by atoms with E-state index in [9.17, 15) is 14.9 Å². The van der Waals surface area contributed by atoms with Crippen LogP contribution in [0.25, 0.3) is 17.3 Å². The Morgan fingerprint density at radius 1 is 1.20 bits per heavy atom. The van der Waals surface area contributed by atoms with Crippen molar-refractivity contribution in [3.8, 4) is 11.8 Å². The molecule has 0 saturated heterocycles. The van der Waals surface area contributed by atoms with Crippen molar-refractivity contribution in [2.45, 2.75) is 6.92 Å². The first kappa shape index (κ1) is 21.2. The molecule has 0 aliphatic carbocycles. The van der Waals surface area contributed by atoms with Crippen LogP contribution in [0.2, 0.25) is 0 Å². The van der Waals surface area contributed by atoms with Gasteiger partial charge >= 0.3 is 0 Å². The van der Waals surface area contributed by atoms with Gasteiger partial charge in [-0.05, 0) is 30.2 Å². The number of nitrogens with zero attached hydrogens (tertiary/aromatic N) is 2. The van der Waals surface area contributed by atoms with Gasteiger partial charge in [0.15, 0.2) is 5.57 Å². The molecule has 0 bridgehead atoms. The molecule has 152 valence electrons. The normalized spacial score (nSPS) is 12.4. The number of hydrogen-bond donors (Lipinski definition) is 1. The minimum atomic E-state index is -0.538. The van der Waals surface area contributed by atoms with E-state index in [0.29, 0.717) is 21.5 Å². The molecule has 1 aromatic heterocycles. The number of ether oxygens (including phenoxy) is 1. The smallest absolute Gasteiger partial charge is 0.273 e. The Morgan fingerprint density at radius 2 is 1.90 bits per heavy atom. The van der Waals surface area contributed by atoms with Crippen LogP contribution in [0.4, 0.5) is 0 Å². The van der Waals surface area contributed by atoms with Gasteiger partial charge in [-0.15, -0.1) is 11.3 Å². The molecular formula is C23H21N3O3S. The zero-order chi connectivity index (χ0) is 21.5. The van der Waals surface area contributed by atoms with Crippen molar-refractivity contribution < 1.29 is 9.53 Å². The third-order valence-corrected chi connectivity index (χ3v) is 5.51. The number of hydrogen-bond acceptors (Lipinski definition) is 5. The zero-order valence-corrected chi connectivity index (χ0v) is 17.5. The van der Waals surface area contributed by atoms with E-state index in [-0.39, 0.29) is 17.7 Å². The number of nitriles is 1. The number of carbonyl (C=O) groups excluding carboxylic acids is 1. The zero-order valence-electron chi connectivity index (χ0n) is 16.7. The SMILES string of the molecule is COCCNC(=O)/C(C#N)=c1\s/c(=C\c2ccccc2)c(=O)n1-c1ccccc1C. The molecule has 6 nitrogen and oxygen atoms in total. The number of rotatable bonds is 6. The number of amides is 1. The monoisotopic (exact) mass is 419 g/mol. The molecule has 0 radical (unpaired) electrons. The second-order valence-corrected chi connectivity index (χ2v) is 7.52. The number of benzene rings is 2. The van der Waals surface area contributed by atoms with E-state index in [4.69, 9.17) is 4.74 Å². The molecule has 1 amide bonds. The molecular weight excluding hydrogens is 398 g/mol. The molecule has 30 heavy (non-hydrogen) atoms. The summed E-state index contributed by atoms with van der Waals surface area (Å²) in [6, 6.07) is 18.8. The van der Waals surface area contributed by atoms with E-state index in [2.05, 4.69) is 5.32 Å². The number of aromatic nitrogens is 1. The third-order valence-electron chi connectivity index (χ3n) is 4.42. The van der Waals surface area contributed by atoms with Gasteiger partial charge in [0.25, 0.3) is 11.5 Å². The second-order valence-electron chi connectivity index (χ2n) is 6.49. The minimum absolute atomic E-state index is 0.107. The Morgan fingerprint density at radius 3 is 2.57 bits per heavy atom. The fourth-order valence-corrected chi connectivity index (χ4v) is 4.03. The maximum atomic E-state index is 13.3. The molecule has 0 unspecified atom stereocenters. The lowest BCUT2D eigenvalue weighted by Crippen LogP contribution is -2.35. The third kappa shape index (κ3) is 4.57. The number of nitrogens with one attached hydrogen (secondary N) is 1. The van der Waals surface area contributed by atoms with Crippen molar-refractivity contribution in [2.75, 3.05) is 20.3 Å². The fraction of sp³-hybridized carbons (Fsp3) is 0.174. The summed E-state index contributed by atoms with van der Waals surface area (Å²) in [6.07, 6.45) is 1.77. The number of carbonyl (C=O) groups is 1. The number of aryl methyl sites for hydroxylation is 1. The second kappa shape index (κ2) is 9.83.